The zero-order valence-electron chi connectivity index (χ0n) is 11.7. The van der Waals surface area contributed by atoms with Gasteiger partial charge in [-0.1, -0.05) is 39.0 Å². The van der Waals surface area contributed by atoms with Crippen LogP contribution >= 0.6 is 0 Å². The topological polar surface area (TPSA) is 55.1 Å². The number of hydrogen-bond acceptors (Lipinski definition) is 2. The first kappa shape index (κ1) is 13.9. The Morgan fingerprint density at radius 3 is 2.61 bits per heavy atom. The van der Waals surface area contributed by atoms with Gasteiger partial charge in [0.15, 0.2) is 0 Å². The number of amides is 1. The van der Waals surface area contributed by atoms with Crippen LogP contribution in [0.25, 0.3) is 0 Å². The van der Waals surface area contributed by atoms with Gasteiger partial charge in [-0.05, 0) is 37.5 Å². The van der Waals surface area contributed by atoms with E-state index >= 15 is 0 Å². The summed E-state index contributed by atoms with van der Waals surface area (Å²) in [6, 6.07) is 0. The average Bonchev–Trinajstić information content (AvgIpc) is 2.37. The third-order valence-corrected chi connectivity index (χ3v) is 4.76. The number of carbonyl (C=O) groups is 1. The fraction of sp³-hybridized carbons (Fsp3) is 0.933. The van der Waals surface area contributed by atoms with E-state index in [0.29, 0.717) is 11.8 Å². The number of carbonyl (C=O) groups excluding carboxylic acids is 1. The number of nitrogens with two attached hydrogens (primary N) is 1. The van der Waals surface area contributed by atoms with Gasteiger partial charge in [-0.3, -0.25) is 4.79 Å². The Labute approximate surface area is 111 Å². The van der Waals surface area contributed by atoms with Gasteiger partial charge in [0.1, 0.15) is 0 Å². The van der Waals surface area contributed by atoms with Crippen LogP contribution in [0.2, 0.25) is 0 Å². The maximum atomic E-state index is 12.3. The summed E-state index contributed by atoms with van der Waals surface area (Å²) >= 11 is 0. The van der Waals surface area contributed by atoms with E-state index in [4.69, 9.17) is 5.73 Å². The molecule has 3 N–H and O–H groups in total. The zero-order valence-corrected chi connectivity index (χ0v) is 11.7. The molecule has 0 aliphatic heterocycles. The standard InChI is InChI=1S/C15H28N2O/c1-12-6-5-9-15(16,10-12)14(18)17-11-13-7-3-2-4-8-13/h12-13H,2-11,16H2,1H3,(H,17,18). The zero-order chi connectivity index (χ0) is 13.0. The molecule has 104 valence electrons. The van der Waals surface area contributed by atoms with Crippen molar-refractivity contribution in [3.05, 3.63) is 0 Å². The van der Waals surface area contributed by atoms with Crippen LogP contribution in [0.1, 0.15) is 64.7 Å². The predicted molar refractivity (Wildman–Crippen MR) is 74.1 cm³/mol. The van der Waals surface area contributed by atoms with E-state index in [1.54, 1.807) is 0 Å². The Bertz CT molecular complexity index is 286. The first-order chi connectivity index (χ1) is 8.60. The second-order valence-electron chi connectivity index (χ2n) is 6.57. The molecule has 0 saturated heterocycles. The molecule has 3 heteroatoms. The lowest BCUT2D eigenvalue weighted by atomic mass is 9.76. The van der Waals surface area contributed by atoms with E-state index in [0.717, 1.165) is 25.8 Å². The summed E-state index contributed by atoms with van der Waals surface area (Å²) in [5.41, 5.74) is 5.71. The van der Waals surface area contributed by atoms with Gasteiger partial charge in [-0.2, -0.15) is 0 Å². The molecule has 0 bridgehead atoms. The molecule has 2 saturated carbocycles. The summed E-state index contributed by atoms with van der Waals surface area (Å²) in [5.74, 6) is 1.37. The van der Waals surface area contributed by atoms with Crippen LogP contribution in [-0.2, 0) is 4.79 Å². The average molecular weight is 252 g/mol. The molecule has 0 aromatic carbocycles. The van der Waals surface area contributed by atoms with Crippen LogP contribution in [0.15, 0.2) is 0 Å². The number of hydrogen-bond donors (Lipinski definition) is 2. The van der Waals surface area contributed by atoms with E-state index in [-0.39, 0.29) is 5.91 Å². The van der Waals surface area contributed by atoms with E-state index in [2.05, 4.69) is 12.2 Å². The highest BCUT2D eigenvalue weighted by molar-refractivity contribution is 5.86. The fourth-order valence-corrected chi connectivity index (χ4v) is 3.60. The molecule has 0 radical (unpaired) electrons. The smallest absolute Gasteiger partial charge is 0.240 e. The van der Waals surface area contributed by atoms with E-state index in [1.807, 2.05) is 0 Å². The molecule has 2 aliphatic rings. The minimum Gasteiger partial charge on any atom is -0.354 e. The Hall–Kier alpha value is -0.570. The summed E-state index contributed by atoms with van der Waals surface area (Å²) in [7, 11) is 0. The summed E-state index contributed by atoms with van der Waals surface area (Å²) in [6.45, 7) is 3.04. The van der Waals surface area contributed by atoms with Crippen LogP contribution in [0.4, 0.5) is 0 Å². The summed E-state index contributed by atoms with van der Waals surface area (Å²) < 4.78 is 0. The van der Waals surface area contributed by atoms with Crippen molar-refractivity contribution in [2.24, 2.45) is 17.6 Å². The van der Waals surface area contributed by atoms with Crippen molar-refractivity contribution in [2.75, 3.05) is 6.54 Å². The van der Waals surface area contributed by atoms with Crippen LogP contribution in [-0.4, -0.2) is 18.0 Å². The van der Waals surface area contributed by atoms with Gasteiger partial charge in [-0.25, -0.2) is 0 Å². The maximum absolute atomic E-state index is 12.3. The maximum Gasteiger partial charge on any atom is 0.240 e. The lowest BCUT2D eigenvalue weighted by Gasteiger charge is -2.36. The Balaban J connectivity index is 1.79. The molecule has 3 nitrogen and oxygen atoms in total. The largest absolute Gasteiger partial charge is 0.354 e. The van der Waals surface area contributed by atoms with Crippen LogP contribution < -0.4 is 11.1 Å². The van der Waals surface area contributed by atoms with Gasteiger partial charge in [-0.15, -0.1) is 0 Å². The molecule has 0 spiro atoms. The molecule has 0 heterocycles. The van der Waals surface area contributed by atoms with Crippen molar-refractivity contribution in [2.45, 2.75) is 70.3 Å². The first-order valence-electron chi connectivity index (χ1n) is 7.67. The summed E-state index contributed by atoms with van der Waals surface area (Å²) in [5, 5.41) is 3.12. The van der Waals surface area contributed by atoms with Gasteiger partial charge in [0.2, 0.25) is 5.91 Å². The molecule has 2 fully saturated rings. The third-order valence-electron chi connectivity index (χ3n) is 4.76. The van der Waals surface area contributed by atoms with Crippen molar-refractivity contribution in [1.29, 1.82) is 0 Å². The molecular weight excluding hydrogens is 224 g/mol. The molecule has 2 rings (SSSR count). The van der Waals surface area contributed by atoms with Gasteiger partial charge >= 0.3 is 0 Å². The lowest BCUT2D eigenvalue weighted by molar-refractivity contribution is -0.128. The molecule has 0 aromatic rings. The van der Waals surface area contributed by atoms with Crippen LogP contribution in [0.3, 0.4) is 0 Å². The van der Waals surface area contributed by atoms with Gasteiger partial charge < -0.3 is 11.1 Å². The van der Waals surface area contributed by atoms with Crippen molar-refractivity contribution in [3.63, 3.8) is 0 Å². The summed E-state index contributed by atoms with van der Waals surface area (Å²) in [4.78, 5) is 12.3. The van der Waals surface area contributed by atoms with E-state index in [1.165, 1.54) is 38.5 Å². The monoisotopic (exact) mass is 252 g/mol. The highest BCUT2D eigenvalue weighted by Crippen LogP contribution is 2.30. The van der Waals surface area contributed by atoms with Crippen LogP contribution in [0.5, 0.6) is 0 Å². The molecule has 2 aliphatic carbocycles. The second-order valence-corrected chi connectivity index (χ2v) is 6.57. The van der Waals surface area contributed by atoms with Crippen molar-refractivity contribution in [3.8, 4) is 0 Å². The number of rotatable bonds is 3. The Morgan fingerprint density at radius 1 is 1.22 bits per heavy atom. The Morgan fingerprint density at radius 2 is 1.94 bits per heavy atom. The summed E-state index contributed by atoms with van der Waals surface area (Å²) in [6.07, 6.45) is 10.6. The molecule has 0 aromatic heterocycles. The minimum absolute atomic E-state index is 0.0969. The van der Waals surface area contributed by atoms with Gasteiger partial charge in [0.05, 0.1) is 5.54 Å². The predicted octanol–water partition coefficient (Wildman–Crippen LogP) is 2.59. The quantitative estimate of drug-likeness (QED) is 0.811. The SMILES string of the molecule is CC1CCCC(N)(C(=O)NCC2CCCCC2)C1. The highest BCUT2D eigenvalue weighted by atomic mass is 16.2. The highest BCUT2D eigenvalue weighted by Gasteiger charge is 2.37. The third kappa shape index (κ3) is 3.47. The van der Waals surface area contributed by atoms with Gasteiger partial charge in [0, 0.05) is 6.54 Å². The normalized spacial score (nSPS) is 34.2. The number of nitrogens with one attached hydrogen (secondary N) is 1. The van der Waals surface area contributed by atoms with Crippen molar-refractivity contribution in [1.82, 2.24) is 5.32 Å². The van der Waals surface area contributed by atoms with Crippen LogP contribution in [0, 0.1) is 11.8 Å². The fourth-order valence-electron chi connectivity index (χ4n) is 3.60. The molecule has 18 heavy (non-hydrogen) atoms. The van der Waals surface area contributed by atoms with E-state index in [9.17, 15) is 4.79 Å². The van der Waals surface area contributed by atoms with Gasteiger partial charge in [0.25, 0.3) is 0 Å². The molecule has 2 unspecified atom stereocenters. The van der Waals surface area contributed by atoms with Crippen molar-refractivity contribution < 1.29 is 4.79 Å². The van der Waals surface area contributed by atoms with Crippen molar-refractivity contribution >= 4 is 5.91 Å². The van der Waals surface area contributed by atoms with E-state index < -0.39 is 5.54 Å². The minimum atomic E-state index is -0.591. The molecule has 1 amide bonds. The first-order valence-corrected chi connectivity index (χ1v) is 7.67. The molecule has 2 atom stereocenters. The lowest BCUT2D eigenvalue weighted by Crippen LogP contribution is -2.56. The molecular formula is C15H28N2O. The Kier molecular flexibility index (Phi) is 4.66. The second kappa shape index (κ2) is 6.05.